The van der Waals surface area contributed by atoms with Gasteiger partial charge in [-0.15, -0.1) is 0 Å². The molecule has 3 rings (SSSR count). The second-order valence-corrected chi connectivity index (χ2v) is 13.1. The summed E-state index contributed by atoms with van der Waals surface area (Å²) < 4.78 is 28.8. The van der Waals surface area contributed by atoms with Crippen LogP contribution in [0.3, 0.4) is 0 Å². The van der Waals surface area contributed by atoms with Crippen molar-refractivity contribution in [3.05, 3.63) is 91.9 Å². The van der Waals surface area contributed by atoms with E-state index in [0.29, 0.717) is 22.0 Å². The molecule has 0 bridgehead atoms. The molecule has 3 aromatic rings. The van der Waals surface area contributed by atoms with Crippen LogP contribution in [0.1, 0.15) is 38.3 Å². The Hall–Kier alpha value is -2.49. The number of carbonyl (C=O) groups excluding carboxylic acids is 2. The van der Waals surface area contributed by atoms with Crippen LogP contribution in [0.15, 0.2) is 65.6 Å². The predicted molar refractivity (Wildman–Crippen MR) is 167 cm³/mol. The first-order valence-corrected chi connectivity index (χ1v) is 15.8. The number of rotatable bonds is 11. The summed E-state index contributed by atoms with van der Waals surface area (Å²) >= 11 is 25.2. The highest BCUT2D eigenvalue weighted by Gasteiger charge is 2.33. The quantitative estimate of drug-likeness (QED) is 0.237. The molecule has 0 fully saturated rings. The van der Waals surface area contributed by atoms with E-state index in [4.69, 9.17) is 46.4 Å². The van der Waals surface area contributed by atoms with E-state index in [1.807, 2.05) is 20.8 Å². The maximum atomic E-state index is 14.0. The molecule has 41 heavy (non-hydrogen) atoms. The van der Waals surface area contributed by atoms with Gasteiger partial charge in [0.15, 0.2) is 0 Å². The maximum absolute atomic E-state index is 14.0. The topological polar surface area (TPSA) is 86.8 Å². The average Bonchev–Trinajstić information content (AvgIpc) is 2.92. The normalized spacial score (nSPS) is 12.9. The van der Waals surface area contributed by atoms with Gasteiger partial charge in [0, 0.05) is 28.2 Å². The zero-order chi connectivity index (χ0) is 30.5. The van der Waals surface area contributed by atoms with Gasteiger partial charge in [-0.1, -0.05) is 77.1 Å². The fourth-order valence-corrected chi connectivity index (χ4v) is 6.12. The summed E-state index contributed by atoms with van der Waals surface area (Å²) in [4.78, 5) is 28.4. The van der Waals surface area contributed by atoms with Crippen LogP contribution in [0.25, 0.3) is 0 Å². The van der Waals surface area contributed by atoms with Crippen molar-refractivity contribution >= 4 is 73.9 Å². The minimum absolute atomic E-state index is 0.0229. The number of carbonyl (C=O) groups is 2. The standard InChI is InChI=1S/C29H31Cl4N3O4S/c1-5-19(3)34-29(38)20(4)35(16-23-24(30)7-6-8-25(23)31)28(37)17-36(21-11-14-26(32)27(33)15-21)41(39,40)22-12-9-18(2)10-13-22/h6-15,19-20H,5,16-17H2,1-4H3,(H,34,38)/t19-,20-/m1/s1. The van der Waals surface area contributed by atoms with E-state index in [9.17, 15) is 18.0 Å². The highest BCUT2D eigenvalue weighted by molar-refractivity contribution is 7.92. The largest absolute Gasteiger partial charge is 0.352 e. The van der Waals surface area contributed by atoms with Gasteiger partial charge in [0.2, 0.25) is 11.8 Å². The molecular weight excluding hydrogens is 628 g/mol. The lowest BCUT2D eigenvalue weighted by atomic mass is 10.1. The molecule has 2 amide bonds. The summed E-state index contributed by atoms with van der Waals surface area (Å²) in [6, 6.07) is 14.3. The van der Waals surface area contributed by atoms with E-state index in [-0.39, 0.29) is 33.2 Å². The summed E-state index contributed by atoms with van der Waals surface area (Å²) in [6.07, 6.45) is 0.683. The summed E-state index contributed by atoms with van der Waals surface area (Å²) in [7, 11) is -4.26. The average molecular weight is 659 g/mol. The maximum Gasteiger partial charge on any atom is 0.264 e. The number of aryl methyl sites for hydroxylation is 1. The van der Waals surface area contributed by atoms with Crippen molar-refractivity contribution < 1.29 is 18.0 Å². The first-order chi connectivity index (χ1) is 19.3. The van der Waals surface area contributed by atoms with Crippen LogP contribution in [-0.4, -0.2) is 43.8 Å². The van der Waals surface area contributed by atoms with E-state index >= 15 is 0 Å². The van der Waals surface area contributed by atoms with Crippen molar-refractivity contribution in [3.63, 3.8) is 0 Å². The fourth-order valence-electron chi connectivity index (χ4n) is 3.91. The van der Waals surface area contributed by atoms with Gasteiger partial charge in [0.05, 0.1) is 20.6 Å². The first-order valence-electron chi connectivity index (χ1n) is 12.8. The monoisotopic (exact) mass is 657 g/mol. The predicted octanol–water partition coefficient (Wildman–Crippen LogP) is 7.14. The van der Waals surface area contributed by atoms with Crippen LogP contribution in [0.5, 0.6) is 0 Å². The van der Waals surface area contributed by atoms with Gasteiger partial charge in [-0.2, -0.15) is 0 Å². The molecule has 12 heteroatoms. The van der Waals surface area contributed by atoms with E-state index in [2.05, 4.69) is 5.32 Å². The first kappa shape index (κ1) is 33.0. The van der Waals surface area contributed by atoms with Gasteiger partial charge in [-0.05, 0) is 69.7 Å². The molecular formula is C29H31Cl4N3O4S. The second kappa shape index (κ2) is 14.1. The number of halogens is 4. The third-order valence-corrected chi connectivity index (χ3v) is 9.87. The molecule has 7 nitrogen and oxygen atoms in total. The summed E-state index contributed by atoms with van der Waals surface area (Å²) in [5.41, 5.74) is 1.42. The molecule has 0 radical (unpaired) electrons. The zero-order valence-corrected chi connectivity index (χ0v) is 26.8. The third-order valence-electron chi connectivity index (χ3n) is 6.64. The van der Waals surface area contributed by atoms with Crippen LogP contribution >= 0.6 is 46.4 Å². The van der Waals surface area contributed by atoms with Crippen molar-refractivity contribution in [3.8, 4) is 0 Å². The lowest BCUT2D eigenvalue weighted by Crippen LogP contribution is -2.52. The number of amides is 2. The highest BCUT2D eigenvalue weighted by Crippen LogP contribution is 2.32. The van der Waals surface area contributed by atoms with Crippen molar-refractivity contribution in [1.29, 1.82) is 0 Å². The van der Waals surface area contributed by atoms with E-state index in [1.54, 1.807) is 37.3 Å². The minimum Gasteiger partial charge on any atom is -0.352 e. The number of sulfonamides is 1. The number of nitrogens with one attached hydrogen (secondary N) is 1. The molecule has 220 valence electrons. The van der Waals surface area contributed by atoms with Crippen LogP contribution < -0.4 is 9.62 Å². The van der Waals surface area contributed by atoms with Crippen LogP contribution in [-0.2, 0) is 26.2 Å². The van der Waals surface area contributed by atoms with Gasteiger partial charge < -0.3 is 10.2 Å². The number of nitrogens with zero attached hydrogens (tertiary/aromatic N) is 2. The Morgan fingerprint density at radius 1 is 0.878 bits per heavy atom. The van der Waals surface area contributed by atoms with E-state index in [0.717, 1.165) is 9.87 Å². The fraction of sp³-hybridized carbons (Fsp3) is 0.310. The lowest BCUT2D eigenvalue weighted by molar-refractivity contribution is -0.139. The molecule has 0 saturated carbocycles. The summed E-state index contributed by atoms with van der Waals surface area (Å²) in [5.74, 6) is -1.06. The van der Waals surface area contributed by atoms with Crippen LogP contribution in [0.4, 0.5) is 5.69 Å². The van der Waals surface area contributed by atoms with Gasteiger partial charge in [0.25, 0.3) is 10.0 Å². The second-order valence-electron chi connectivity index (χ2n) is 9.64. The molecule has 0 aliphatic carbocycles. The Labute approximate surface area is 261 Å². The number of anilines is 1. The van der Waals surface area contributed by atoms with E-state index in [1.165, 1.54) is 35.2 Å². The number of hydrogen-bond donors (Lipinski definition) is 1. The number of hydrogen-bond acceptors (Lipinski definition) is 4. The Balaban J connectivity index is 2.09. The molecule has 0 unspecified atom stereocenters. The Morgan fingerprint density at radius 3 is 2.05 bits per heavy atom. The molecule has 3 aromatic carbocycles. The molecule has 0 aromatic heterocycles. The van der Waals surface area contributed by atoms with Crippen molar-refractivity contribution in [2.75, 3.05) is 10.8 Å². The van der Waals surface area contributed by atoms with Crippen LogP contribution in [0, 0.1) is 6.92 Å². The minimum atomic E-state index is -4.26. The number of benzene rings is 3. The Kier molecular flexibility index (Phi) is 11.4. The van der Waals surface area contributed by atoms with Gasteiger partial charge in [-0.3, -0.25) is 13.9 Å². The highest BCUT2D eigenvalue weighted by atomic mass is 35.5. The molecule has 2 atom stereocenters. The molecule has 1 N–H and O–H groups in total. The lowest BCUT2D eigenvalue weighted by Gasteiger charge is -2.33. The SMILES string of the molecule is CC[C@@H](C)NC(=O)[C@@H](C)N(Cc1c(Cl)cccc1Cl)C(=O)CN(c1ccc(Cl)c(Cl)c1)S(=O)(=O)c1ccc(C)cc1. The van der Waals surface area contributed by atoms with E-state index < -0.39 is 34.4 Å². The Morgan fingerprint density at radius 2 is 1.49 bits per heavy atom. The molecule has 0 aliphatic heterocycles. The molecule has 0 saturated heterocycles. The molecule has 0 spiro atoms. The summed E-state index contributed by atoms with van der Waals surface area (Å²) in [5, 5.41) is 3.82. The molecule has 0 heterocycles. The van der Waals surface area contributed by atoms with Crippen molar-refractivity contribution in [2.24, 2.45) is 0 Å². The van der Waals surface area contributed by atoms with Gasteiger partial charge in [-0.25, -0.2) is 8.42 Å². The Bertz CT molecular complexity index is 1500. The van der Waals surface area contributed by atoms with Crippen molar-refractivity contribution in [1.82, 2.24) is 10.2 Å². The van der Waals surface area contributed by atoms with Crippen LogP contribution in [0.2, 0.25) is 20.1 Å². The zero-order valence-electron chi connectivity index (χ0n) is 23.0. The van der Waals surface area contributed by atoms with Crippen molar-refractivity contribution in [2.45, 2.75) is 57.6 Å². The smallest absolute Gasteiger partial charge is 0.264 e. The van der Waals surface area contributed by atoms with Gasteiger partial charge >= 0.3 is 0 Å². The molecule has 0 aliphatic rings. The summed E-state index contributed by atoms with van der Waals surface area (Å²) in [6.45, 7) is 6.40. The third kappa shape index (κ3) is 8.08. The van der Waals surface area contributed by atoms with Gasteiger partial charge in [0.1, 0.15) is 12.6 Å².